The molecule has 4 N–H and O–H groups in total. The van der Waals surface area contributed by atoms with Crippen LogP contribution < -0.4 is 20.5 Å². The van der Waals surface area contributed by atoms with Crippen molar-refractivity contribution in [1.29, 1.82) is 0 Å². The van der Waals surface area contributed by atoms with Gasteiger partial charge in [-0.25, -0.2) is 0 Å². The molecule has 1 saturated heterocycles. The molecule has 200 valence electrons. The van der Waals surface area contributed by atoms with Gasteiger partial charge in [-0.3, -0.25) is 4.79 Å². The minimum Gasteiger partial charge on any atom is -0.496 e. The Kier molecular flexibility index (Phi) is 11.0. The topological polar surface area (TPSA) is 97.0 Å². The molecule has 7 nitrogen and oxygen atoms in total. The summed E-state index contributed by atoms with van der Waals surface area (Å²) in [6.45, 7) is 2.36. The second kappa shape index (κ2) is 13.2. The lowest BCUT2D eigenvalue weighted by molar-refractivity contribution is -0.137. The number of carbonyl (C=O) groups excluding carboxylic acids is 1. The molecule has 1 amide bonds. The Morgan fingerprint density at radius 2 is 1.89 bits per heavy atom. The smallest absolute Gasteiger partial charge is 0.416 e. The van der Waals surface area contributed by atoms with Crippen LogP contribution in [0.15, 0.2) is 36.4 Å². The fraction of sp³-hybridized carbons (Fsp3) is 0.458. The summed E-state index contributed by atoms with van der Waals surface area (Å²) in [6.07, 6.45) is -3.50. The van der Waals surface area contributed by atoms with E-state index in [2.05, 4.69) is 10.2 Å². The van der Waals surface area contributed by atoms with Crippen molar-refractivity contribution < 1.29 is 32.5 Å². The maximum atomic E-state index is 12.6. The van der Waals surface area contributed by atoms with E-state index in [-0.39, 0.29) is 41.6 Å². The standard InChI is InChI=1S/C24H29ClF3N3O4.ClH/c1-34-22-11-21(29)20(25)10-19(22)23(33)30-12-15-6-8-31(9-7-15)13-17(32)14-35-18-4-2-16(3-5-18)24(26,27)28;/h2-5,10-11,15,17,32H,6-9,12-14,29H2,1H3,(H,30,33);1H. The monoisotopic (exact) mass is 551 g/mol. The van der Waals surface area contributed by atoms with Gasteiger partial charge in [-0.2, -0.15) is 13.2 Å². The van der Waals surface area contributed by atoms with Gasteiger partial charge in [0.05, 0.1) is 28.9 Å². The van der Waals surface area contributed by atoms with Gasteiger partial charge in [-0.1, -0.05) is 11.6 Å². The molecule has 0 spiro atoms. The fourth-order valence-electron chi connectivity index (χ4n) is 3.90. The Morgan fingerprint density at radius 3 is 2.47 bits per heavy atom. The van der Waals surface area contributed by atoms with Gasteiger partial charge < -0.3 is 30.5 Å². The summed E-state index contributed by atoms with van der Waals surface area (Å²) in [7, 11) is 1.46. The van der Waals surface area contributed by atoms with Crippen molar-refractivity contribution in [2.45, 2.75) is 25.1 Å². The Balaban J connectivity index is 0.00000456. The number of rotatable bonds is 9. The van der Waals surface area contributed by atoms with Crippen LogP contribution in [-0.4, -0.2) is 61.9 Å². The highest BCUT2D eigenvalue weighted by Gasteiger charge is 2.30. The Bertz CT molecular complexity index is 1000. The van der Waals surface area contributed by atoms with Crippen molar-refractivity contribution >= 4 is 35.6 Å². The lowest BCUT2D eigenvalue weighted by Crippen LogP contribution is -2.42. The zero-order valence-electron chi connectivity index (χ0n) is 19.7. The molecular weight excluding hydrogens is 522 g/mol. The number of aliphatic hydroxyl groups excluding tert-OH is 1. The number of anilines is 1. The van der Waals surface area contributed by atoms with Crippen LogP contribution in [0.25, 0.3) is 0 Å². The predicted octanol–water partition coefficient (Wildman–Crippen LogP) is 4.25. The molecule has 3 rings (SSSR count). The number of hydrogen-bond donors (Lipinski definition) is 3. The molecule has 0 radical (unpaired) electrons. The molecule has 12 heteroatoms. The number of β-amino-alcohol motifs (C(OH)–C–C–N with tert-alkyl or cyclic N) is 1. The number of nitrogens with two attached hydrogens (primary N) is 1. The van der Waals surface area contributed by atoms with E-state index in [0.29, 0.717) is 30.1 Å². The maximum absolute atomic E-state index is 12.6. The number of nitrogens with zero attached hydrogens (tertiary/aromatic N) is 1. The SMILES string of the molecule is COc1cc(N)c(Cl)cc1C(=O)NCC1CCN(CC(O)COc2ccc(C(F)(F)F)cc2)CC1.Cl. The summed E-state index contributed by atoms with van der Waals surface area (Å²) in [5.74, 6) is 0.616. The van der Waals surface area contributed by atoms with Gasteiger partial charge >= 0.3 is 6.18 Å². The quantitative estimate of drug-likeness (QED) is 0.403. The third-order valence-corrected chi connectivity index (χ3v) is 6.24. The number of benzene rings is 2. The molecule has 1 aliphatic heterocycles. The second-order valence-electron chi connectivity index (χ2n) is 8.51. The highest BCUT2D eigenvalue weighted by molar-refractivity contribution is 6.33. The van der Waals surface area contributed by atoms with Crippen LogP contribution in [0.5, 0.6) is 11.5 Å². The van der Waals surface area contributed by atoms with Gasteiger partial charge in [-0.05, 0) is 62.2 Å². The molecule has 1 heterocycles. The molecule has 0 bridgehead atoms. The first kappa shape index (κ1) is 29.8. The average molecular weight is 552 g/mol. The molecule has 0 aromatic heterocycles. The minimum absolute atomic E-state index is 0. The molecule has 36 heavy (non-hydrogen) atoms. The number of alkyl halides is 3. The van der Waals surface area contributed by atoms with Crippen molar-refractivity contribution in [2.24, 2.45) is 5.92 Å². The van der Waals surface area contributed by atoms with E-state index in [9.17, 15) is 23.1 Å². The van der Waals surface area contributed by atoms with Gasteiger partial charge in [0.25, 0.3) is 5.91 Å². The summed E-state index contributed by atoms with van der Waals surface area (Å²) >= 11 is 6.04. The Hall–Kier alpha value is -2.40. The first-order valence-electron chi connectivity index (χ1n) is 11.2. The molecule has 1 fully saturated rings. The molecule has 1 aliphatic rings. The number of piperidine rings is 1. The second-order valence-corrected chi connectivity index (χ2v) is 8.92. The number of halogens is 5. The molecule has 1 unspecified atom stereocenters. The van der Waals surface area contributed by atoms with Crippen LogP contribution >= 0.6 is 24.0 Å². The first-order valence-corrected chi connectivity index (χ1v) is 11.6. The van der Waals surface area contributed by atoms with Crippen molar-refractivity contribution in [3.05, 3.63) is 52.5 Å². The molecular formula is C24H30Cl2F3N3O4. The lowest BCUT2D eigenvalue weighted by Gasteiger charge is -2.33. The number of carbonyl (C=O) groups is 1. The summed E-state index contributed by atoms with van der Waals surface area (Å²) in [5, 5.41) is 13.5. The van der Waals surface area contributed by atoms with E-state index in [1.54, 1.807) is 0 Å². The van der Waals surface area contributed by atoms with E-state index in [1.807, 2.05) is 0 Å². The number of nitrogens with one attached hydrogen (secondary N) is 1. The fourth-order valence-corrected chi connectivity index (χ4v) is 4.07. The summed E-state index contributed by atoms with van der Waals surface area (Å²) in [6, 6.07) is 7.38. The molecule has 0 saturated carbocycles. The van der Waals surface area contributed by atoms with E-state index in [1.165, 1.54) is 31.4 Å². The summed E-state index contributed by atoms with van der Waals surface area (Å²) < 4.78 is 48.5. The third kappa shape index (κ3) is 8.33. The van der Waals surface area contributed by atoms with Gasteiger partial charge in [0.1, 0.15) is 24.2 Å². The highest BCUT2D eigenvalue weighted by atomic mass is 35.5. The number of nitrogen functional groups attached to an aromatic ring is 1. The first-order chi connectivity index (χ1) is 16.6. The van der Waals surface area contributed by atoms with Crippen LogP contribution in [0.3, 0.4) is 0 Å². The van der Waals surface area contributed by atoms with Crippen molar-refractivity contribution in [2.75, 3.05) is 45.6 Å². The van der Waals surface area contributed by atoms with Gasteiger partial charge in [0.15, 0.2) is 0 Å². The van der Waals surface area contributed by atoms with E-state index < -0.39 is 17.8 Å². The predicted molar refractivity (Wildman–Crippen MR) is 134 cm³/mol. The van der Waals surface area contributed by atoms with Crippen LogP contribution in [0.1, 0.15) is 28.8 Å². The van der Waals surface area contributed by atoms with Crippen molar-refractivity contribution in [1.82, 2.24) is 10.2 Å². The Labute approximate surface area is 219 Å². The van der Waals surface area contributed by atoms with E-state index >= 15 is 0 Å². The summed E-state index contributed by atoms with van der Waals surface area (Å²) in [5.41, 5.74) is 5.66. The number of hydrogen-bond acceptors (Lipinski definition) is 6. The van der Waals surface area contributed by atoms with Crippen LogP contribution in [0.2, 0.25) is 5.02 Å². The van der Waals surface area contributed by atoms with Crippen LogP contribution in [0.4, 0.5) is 18.9 Å². The molecule has 0 aliphatic carbocycles. The molecule has 2 aromatic rings. The van der Waals surface area contributed by atoms with Crippen LogP contribution in [0, 0.1) is 5.92 Å². The Morgan fingerprint density at radius 1 is 1.25 bits per heavy atom. The van der Waals surface area contributed by atoms with Gasteiger partial charge in [0.2, 0.25) is 0 Å². The average Bonchev–Trinajstić information content (AvgIpc) is 2.83. The van der Waals surface area contributed by atoms with E-state index in [4.69, 9.17) is 26.8 Å². The maximum Gasteiger partial charge on any atom is 0.416 e. The van der Waals surface area contributed by atoms with Crippen molar-refractivity contribution in [3.63, 3.8) is 0 Å². The van der Waals surface area contributed by atoms with Crippen molar-refractivity contribution in [3.8, 4) is 11.5 Å². The number of likely N-dealkylation sites (tertiary alicyclic amines) is 1. The highest BCUT2D eigenvalue weighted by Crippen LogP contribution is 2.31. The molecule has 1 atom stereocenters. The minimum atomic E-state index is -4.40. The third-order valence-electron chi connectivity index (χ3n) is 5.91. The van der Waals surface area contributed by atoms with Crippen LogP contribution in [-0.2, 0) is 6.18 Å². The molecule has 2 aromatic carbocycles. The van der Waals surface area contributed by atoms with Gasteiger partial charge in [0, 0.05) is 19.2 Å². The lowest BCUT2D eigenvalue weighted by atomic mass is 9.96. The van der Waals surface area contributed by atoms with Gasteiger partial charge in [-0.15, -0.1) is 12.4 Å². The largest absolute Gasteiger partial charge is 0.496 e. The number of aliphatic hydroxyl groups is 1. The summed E-state index contributed by atoms with van der Waals surface area (Å²) in [4.78, 5) is 14.7. The van der Waals surface area contributed by atoms with E-state index in [0.717, 1.165) is 38.1 Å². The normalized spacial score (nSPS) is 15.6. The zero-order chi connectivity index (χ0) is 25.6. The number of amides is 1. The zero-order valence-corrected chi connectivity index (χ0v) is 21.3. The number of ether oxygens (including phenoxy) is 2. The number of methoxy groups -OCH3 is 1.